The van der Waals surface area contributed by atoms with Gasteiger partial charge in [-0.05, 0) is 18.6 Å². The molecule has 0 atom stereocenters. The van der Waals surface area contributed by atoms with Gasteiger partial charge in [0.2, 0.25) is 0 Å². The second kappa shape index (κ2) is 6.88. The minimum Gasteiger partial charge on any atom is -0.304 e. The van der Waals surface area contributed by atoms with Crippen molar-refractivity contribution in [1.29, 1.82) is 0 Å². The van der Waals surface area contributed by atoms with Gasteiger partial charge in [-0.2, -0.15) is 13.2 Å². The number of aryl methyl sites for hydroxylation is 1. The number of rotatable bonds is 5. The number of Topliss-reactive ketones (excluding diaryl/α,β-unsaturated/α-hetero) is 1. The van der Waals surface area contributed by atoms with Gasteiger partial charge in [0.1, 0.15) is 5.78 Å². The average molecular weight is 352 g/mol. The molecule has 0 spiro atoms. The summed E-state index contributed by atoms with van der Waals surface area (Å²) in [7, 11) is 0. The first-order valence-corrected chi connectivity index (χ1v) is 6.91. The van der Waals surface area contributed by atoms with E-state index >= 15 is 0 Å². The molecule has 0 saturated heterocycles. The van der Waals surface area contributed by atoms with E-state index in [4.69, 9.17) is 0 Å². The molecule has 1 amide bonds. The first-order chi connectivity index (χ1) is 9.27. The van der Waals surface area contributed by atoms with E-state index in [1.54, 1.807) is 25.1 Å². The van der Waals surface area contributed by atoms with Crippen LogP contribution in [-0.4, -0.2) is 29.7 Å². The maximum atomic E-state index is 12.6. The SMILES string of the molecule is Cc1ccccc1N(CCC(=O)CBr)C(=O)C(F)(F)F. The quantitative estimate of drug-likeness (QED) is 0.763. The lowest BCUT2D eigenvalue weighted by molar-refractivity contribution is -0.170. The number of benzene rings is 1. The Balaban J connectivity index is 3.05. The summed E-state index contributed by atoms with van der Waals surface area (Å²) in [4.78, 5) is 23.3. The van der Waals surface area contributed by atoms with Crippen LogP contribution < -0.4 is 4.90 Å². The minimum absolute atomic E-state index is 0.0504. The minimum atomic E-state index is -4.97. The fourth-order valence-electron chi connectivity index (χ4n) is 1.65. The number of alkyl halides is 4. The van der Waals surface area contributed by atoms with E-state index in [1.807, 2.05) is 0 Å². The van der Waals surface area contributed by atoms with Crippen LogP contribution in [0.3, 0.4) is 0 Å². The van der Waals surface area contributed by atoms with Crippen LogP contribution in [0.1, 0.15) is 12.0 Å². The predicted octanol–water partition coefficient (Wildman–Crippen LogP) is 3.24. The van der Waals surface area contributed by atoms with Gasteiger partial charge in [0.25, 0.3) is 0 Å². The highest BCUT2D eigenvalue weighted by Crippen LogP contribution is 2.26. The number of nitrogens with zero attached hydrogens (tertiary/aromatic N) is 1. The fourth-order valence-corrected chi connectivity index (χ4v) is 1.93. The van der Waals surface area contributed by atoms with Crippen molar-refractivity contribution in [2.75, 3.05) is 16.8 Å². The fraction of sp³-hybridized carbons (Fsp3) is 0.385. The summed E-state index contributed by atoms with van der Waals surface area (Å²) in [6.45, 7) is 1.31. The zero-order valence-corrected chi connectivity index (χ0v) is 12.3. The number of hydrogen-bond acceptors (Lipinski definition) is 2. The van der Waals surface area contributed by atoms with Gasteiger partial charge < -0.3 is 4.90 Å². The number of ketones is 1. The monoisotopic (exact) mass is 351 g/mol. The molecule has 0 fully saturated rings. The normalized spacial score (nSPS) is 11.2. The molecule has 1 aromatic carbocycles. The molecule has 0 aliphatic heterocycles. The second-order valence-electron chi connectivity index (χ2n) is 4.16. The van der Waals surface area contributed by atoms with Crippen molar-refractivity contribution >= 4 is 33.3 Å². The van der Waals surface area contributed by atoms with E-state index in [0.29, 0.717) is 10.5 Å². The molecule has 0 N–H and O–H groups in total. The molecule has 0 aliphatic rings. The third kappa shape index (κ3) is 4.33. The number of para-hydroxylation sites is 1. The zero-order valence-electron chi connectivity index (χ0n) is 10.7. The number of amides is 1. The van der Waals surface area contributed by atoms with E-state index < -0.39 is 12.1 Å². The number of carbonyl (C=O) groups excluding carboxylic acids is 2. The van der Waals surface area contributed by atoms with Crippen molar-refractivity contribution < 1.29 is 22.8 Å². The summed E-state index contributed by atoms with van der Waals surface area (Å²) in [6, 6.07) is 6.25. The van der Waals surface area contributed by atoms with Crippen LogP contribution in [-0.2, 0) is 9.59 Å². The average Bonchev–Trinajstić information content (AvgIpc) is 2.39. The molecule has 0 aromatic heterocycles. The molecule has 0 saturated carbocycles. The Morgan fingerprint density at radius 3 is 2.35 bits per heavy atom. The highest BCUT2D eigenvalue weighted by molar-refractivity contribution is 9.09. The Hall–Kier alpha value is -1.37. The first kappa shape index (κ1) is 16.7. The van der Waals surface area contributed by atoms with Crippen molar-refractivity contribution in [2.45, 2.75) is 19.5 Å². The molecule has 110 valence electrons. The largest absolute Gasteiger partial charge is 0.471 e. The van der Waals surface area contributed by atoms with Gasteiger partial charge in [0.05, 0.1) is 5.33 Å². The lowest BCUT2D eigenvalue weighted by Gasteiger charge is -2.25. The second-order valence-corrected chi connectivity index (χ2v) is 4.72. The van der Waals surface area contributed by atoms with Crippen LogP contribution in [0, 0.1) is 6.92 Å². The molecule has 0 aliphatic carbocycles. The topological polar surface area (TPSA) is 37.4 Å². The lowest BCUT2D eigenvalue weighted by atomic mass is 10.1. The molecule has 0 radical (unpaired) electrons. The standard InChI is InChI=1S/C13H13BrF3NO2/c1-9-4-2-3-5-11(9)18(7-6-10(19)8-14)12(20)13(15,16)17/h2-5H,6-8H2,1H3. The van der Waals surface area contributed by atoms with E-state index in [-0.39, 0.29) is 29.8 Å². The van der Waals surface area contributed by atoms with Crippen molar-refractivity contribution in [1.82, 2.24) is 0 Å². The number of carbonyl (C=O) groups is 2. The van der Waals surface area contributed by atoms with Crippen LogP contribution in [0.5, 0.6) is 0 Å². The van der Waals surface area contributed by atoms with Gasteiger partial charge in [-0.15, -0.1) is 0 Å². The van der Waals surface area contributed by atoms with Crippen molar-refractivity contribution in [2.24, 2.45) is 0 Å². The van der Waals surface area contributed by atoms with Crippen molar-refractivity contribution in [3.8, 4) is 0 Å². The highest BCUT2D eigenvalue weighted by Gasteiger charge is 2.43. The van der Waals surface area contributed by atoms with Gasteiger partial charge in [-0.3, -0.25) is 9.59 Å². The third-order valence-corrected chi connectivity index (χ3v) is 3.28. The number of hydrogen-bond donors (Lipinski definition) is 0. The summed E-state index contributed by atoms with van der Waals surface area (Å²) >= 11 is 2.94. The molecular formula is C13H13BrF3NO2. The maximum absolute atomic E-state index is 12.6. The molecule has 3 nitrogen and oxygen atoms in total. The summed E-state index contributed by atoms with van der Waals surface area (Å²) in [5, 5.41) is 0.0504. The lowest BCUT2D eigenvalue weighted by Crippen LogP contribution is -2.42. The Morgan fingerprint density at radius 2 is 1.85 bits per heavy atom. The van der Waals surface area contributed by atoms with Crippen LogP contribution in [0.25, 0.3) is 0 Å². The first-order valence-electron chi connectivity index (χ1n) is 5.79. The van der Waals surface area contributed by atoms with Crippen LogP contribution in [0.4, 0.5) is 18.9 Å². The van der Waals surface area contributed by atoms with E-state index in [0.717, 1.165) is 0 Å². The Morgan fingerprint density at radius 1 is 1.25 bits per heavy atom. The summed E-state index contributed by atoms with van der Waals surface area (Å²) in [5.74, 6) is -2.23. The van der Waals surface area contributed by atoms with E-state index in [2.05, 4.69) is 15.9 Å². The Kier molecular flexibility index (Phi) is 5.74. The summed E-state index contributed by atoms with van der Waals surface area (Å²) in [6.07, 6.45) is -5.11. The van der Waals surface area contributed by atoms with Crippen LogP contribution >= 0.6 is 15.9 Å². The number of halogens is 4. The van der Waals surface area contributed by atoms with Gasteiger partial charge >= 0.3 is 12.1 Å². The Bertz CT molecular complexity index is 503. The van der Waals surface area contributed by atoms with Crippen molar-refractivity contribution in [3.05, 3.63) is 29.8 Å². The maximum Gasteiger partial charge on any atom is 0.471 e. The van der Waals surface area contributed by atoms with Gasteiger partial charge in [0.15, 0.2) is 0 Å². The predicted molar refractivity (Wildman–Crippen MR) is 73.0 cm³/mol. The Labute approximate surface area is 122 Å². The molecule has 0 unspecified atom stereocenters. The van der Waals surface area contributed by atoms with Crippen LogP contribution in [0.15, 0.2) is 24.3 Å². The van der Waals surface area contributed by atoms with Crippen LogP contribution in [0.2, 0.25) is 0 Å². The van der Waals surface area contributed by atoms with Gasteiger partial charge in [-0.25, -0.2) is 0 Å². The number of anilines is 1. The molecule has 0 heterocycles. The zero-order chi connectivity index (χ0) is 15.3. The smallest absolute Gasteiger partial charge is 0.304 e. The van der Waals surface area contributed by atoms with E-state index in [9.17, 15) is 22.8 Å². The van der Waals surface area contributed by atoms with E-state index in [1.165, 1.54) is 6.07 Å². The molecule has 1 aromatic rings. The third-order valence-electron chi connectivity index (χ3n) is 2.66. The van der Waals surface area contributed by atoms with Gasteiger partial charge in [-0.1, -0.05) is 34.1 Å². The molecular weight excluding hydrogens is 339 g/mol. The molecule has 1 rings (SSSR count). The van der Waals surface area contributed by atoms with Gasteiger partial charge in [0, 0.05) is 18.7 Å². The summed E-state index contributed by atoms with van der Waals surface area (Å²) in [5.41, 5.74) is 0.702. The highest BCUT2D eigenvalue weighted by atomic mass is 79.9. The molecule has 0 bridgehead atoms. The molecule has 7 heteroatoms. The molecule has 20 heavy (non-hydrogen) atoms. The summed E-state index contributed by atoms with van der Waals surface area (Å²) < 4.78 is 37.9. The van der Waals surface area contributed by atoms with Crippen molar-refractivity contribution in [3.63, 3.8) is 0 Å².